The van der Waals surface area contributed by atoms with Gasteiger partial charge in [0, 0.05) is 19.2 Å². The molecule has 0 aromatic carbocycles. The fourth-order valence-corrected chi connectivity index (χ4v) is 2.51. The van der Waals surface area contributed by atoms with Crippen LogP contribution in [0.5, 0.6) is 0 Å². The summed E-state index contributed by atoms with van der Waals surface area (Å²) < 4.78 is 1.86. The highest BCUT2D eigenvalue weighted by Crippen LogP contribution is 2.17. The minimum atomic E-state index is 0.239. The molecule has 1 N–H and O–H groups in total. The van der Waals surface area contributed by atoms with Crippen LogP contribution in [0.4, 0.5) is 0 Å². The smallest absolute Gasteiger partial charge is 0.166 e. The van der Waals surface area contributed by atoms with Crippen molar-refractivity contribution >= 4 is 5.78 Å². The van der Waals surface area contributed by atoms with E-state index >= 15 is 0 Å². The lowest BCUT2D eigenvalue weighted by atomic mass is 9.93. The molecule has 1 atom stereocenters. The summed E-state index contributed by atoms with van der Waals surface area (Å²) in [6.07, 6.45) is 8.79. The highest BCUT2D eigenvalue weighted by atomic mass is 16.1. The minimum Gasteiger partial charge on any atom is -0.316 e. The molecule has 1 aromatic rings. The second-order valence-corrected chi connectivity index (χ2v) is 5.17. The minimum absolute atomic E-state index is 0.239. The van der Waals surface area contributed by atoms with Crippen molar-refractivity contribution in [3.8, 4) is 0 Å². The number of piperidine rings is 1. The van der Waals surface area contributed by atoms with Crippen molar-refractivity contribution in [2.24, 2.45) is 5.92 Å². The standard InChI is InChI=1S/C14H23N3O/c1-2-8-17-11-13(10-16-17)14(18)6-5-12-4-3-7-15-9-12/h10-12,15H,2-9H2,1H3. The van der Waals surface area contributed by atoms with Crippen LogP contribution in [0.2, 0.25) is 0 Å². The molecule has 0 bridgehead atoms. The van der Waals surface area contributed by atoms with Gasteiger partial charge in [0.15, 0.2) is 5.78 Å². The third-order valence-electron chi connectivity index (χ3n) is 3.59. The summed E-state index contributed by atoms with van der Waals surface area (Å²) in [6.45, 7) is 5.20. The number of Topliss-reactive ketones (excluding diaryl/α,β-unsaturated/α-hetero) is 1. The molecule has 1 fully saturated rings. The van der Waals surface area contributed by atoms with Gasteiger partial charge in [-0.2, -0.15) is 5.10 Å². The molecule has 18 heavy (non-hydrogen) atoms. The van der Waals surface area contributed by atoms with Gasteiger partial charge < -0.3 is 5.32 Å². The van der Waals surface area contributed by atoms with Crippen LogP contribution in [0.15, 0.2) is 12.4 Å². The molecule has 0 amide bonds. The number of carbonyl (C=O) groups excluding carboxylic acids is 1. The highest BCUT2D eigenvalue weighted by molar-refractivity contribution is 5.95. The van der Waals surface area contributed by atoms with Crippen LogP contribution >= 0.6 is 0 Å². The summed E-state index contributed by atoms with van der Waals surface area (Å²) in [5.41, 5.74) is 0.771. The Morgan fingerprint density at radius 1 is 1.61 bits per heavy atom. The fraction of sp³-hybridized carbons (Fsp3) is 0.714. The molecule has 0 spiro atoms. The van der Waals surface area contributed by atoms with Crippen LogP contribution in [-0.4, -0.2) is 28.7 Å². The van der Waals surface area contributed by atoms with E-state index in [2.05, 4.69) is 17.3 Å². The van der Waals surface area contributed by atoms with Gasteiger partial charge in [0.05, 0.1) is 11.8 Å². The second-order valence-electron chi connectivity index (χ2n) is 5.17. The molecule has 4 nitrogen and oxygen atoms in total. The second kappa shape index (κ2) is 6.69. The molecule has 2 rings (SSSR count). The Morgan fingerprint density at radius 3 is 3.22 bits per heavy atom. The molecule has 0 aliphatic carbocycles. The molecule has 4 heteroatoms. The van der Waals surface area contributed by atoms with Gasteiger partial charge in [-0.15, -0.1) is 0 Å². The number of nitrogens with one attached hydrogen (secondary N) is 1. The topological polar surface area (TPSA) is 46.9 Å². The lowest BCUT2D eigenvalue weighted by molar-refractivity contribution is 0.0971. The lowest BCUT2D eigenvalue weighted by Crippen LogP contribution is -2.29. The average molecular weight is 249 g/mol. The largest absolute Gasteiger partial charge is 0.316 e. The zero-order valence-electron chi connectivity index (χ0n) is 11.2. The summed E-state index contributed by atoms with van der Waals surface area (Å²) in [5.74, 6) is 0.913. The van der Waals surface area contributed by atoms with E-state index in [-0.39, 0.29) is 5.78 Å². The predicted octanol–water partition coefficient (Wildman–Crippen LogP) is 2.26. The van der Waals surface area contributed by atoms with Crippen LogP contribution in [0.25, 0.3) is 0 Å². The summed E-state index contributed by atoms with van der Waals surface area (Å²) in [5, 5.41) is 7.60. The van der Waals surface area contributed by atoms with Crippen LogP contribution in [-0.2, 0) is 6.54 Å². The monoisotopic (exact) mass is 249 g/mol. The Kier molecular flexibility index (Phi) is 4.93. The van der Waals surface area contributed by atoms with E-state index in [4.69, 9.17) is 0 Å². The van der Waals surface area contributed by atoms with Crippen LogP contribution < -0.4 is 5.32 Å². The van der Waals surface area contributed by atoms with Crippen LogP contribution in [0.3, 0.4) is 0 Å². The lowest BCUT2D eigenvalue weighted by Gasteiger charge is -2.22. The average Bonchev–Trinajstić information content (AvgIpc) is 2.86. The first-order valence-electron chi connectivity index (χ1n) is 7.06. The van der Waals surface area contributed by atoms with Crippen molar-refractivity contribution in [2.45, 2.75) is 45.6 Å². The number of hydrogen-bond acceptors (Lipinski definition) is 3. The van der Waals surface area contributed by atoms with Gasteiger partial charge in [-0.1, -0.05) is 6.92 Å². The molecular formula is C14H23N3O. The molecule has 100 valence electrons. The van der Waals surface area contributed by atoms with E-state index in [0.29, 0.717) is 12.3 Å². The molecule has 1 aliphatic rings. The van der Waals surface area contributed by atoms with Gasteiger partial charge in [-0.25, -0.2) is 0 Å². The molecule has 1 saturated heterocycles. The normalized spacial score (nSPS) is 19.9. The van der Waals surface area contributed by atoms with Gasteiger partial charge in [0.2, 0.25) is 0 Å². The Bertz CT molecular complexity index is 380. The highest BCUT2D eigenvalue weighted by Gasteiger charge is 2.15. The third-order valence-corrected chi connectivity index (χ3v) is 3.59. The molecule has 1 aliphatic heterocycles. The van der Waals surface area contributed by atoms with Gasteiger partial charge in [-0.05, 0) is 44.7 Å². The molecule has 2 heterocycles. The SMILES string of the molecule is CCCn1cc(C(=O)CCC2CCCNC2)cn1. The number of aromatic nitrogens is 2. The van der Waals surface area contributed by atoms with Gasteiger partial charge in [-0.3, -0.25) is 9.48 Å². The Hall–Kier alpha value is -1.16. The molecular weight excluding hydrogens is 226 g/mol. The third kappa shape index (κ3) is 3.67. The molecule has 1 aromatic heterocycles. The molecule has 0 saturated carbocycles. The first-order chi connectivity index (χ1) is 8.79. The van der Waals surface area contributed by atoms with Gasteiger partial charge >= 0.3 is 0 Å². The van der Waals surface area contributed by atoms with E-state index in [1.165, 1.54) is 12.8 Å². The van der Waals surface area contributed by atoms with E-state index in [0.717, 1.165) is 38.0 Å². The van der Waals surface area contributed by atoms with E-state index in [9.17, 15) is 4.79 Å². The van der Waals surface area contributed by atoms with Crippen LogP contribution in [0.1, 0.15) is 49.4 Å². The maximum atomic E-state index is 12.0. The quantitative estimate of drug-likeness (QED) is 0.787. The van der Waals surface area contributed by atoms with E-state index in [1.54, 1.807) is 6.20 Å². The van der Waals surface area contributed by atoms with Crippen molar-refractivity contribution in [2.75, 3.05) is 13.1 Å². The van der Waals surface area contributed by atoms with Crippen molar-refractivity contribution in [3.05, 3.63) is 18.0 Å². The number of nitrogens with zero attached hydrogens (tertiary/aromatic N) is 2. The zero-order chi connectivity index (χ0) is 12.8. The van der Waals surface area contributed by atoms with Crippen molar-refractivity contribution < 1.29 is 4.79 Å². The Balaban J connectivity index is 1.79. The number of rotatable bonds is 6. The van der Waals surface area contributed by atoms with E-state index < -0.39 is 0 Å². The predicted molar refractivity (Wildman–Crippen MR) is 71.7 cm³/mol. The van der Waals surface area contributed by atoms with Gasteiger partial charge in [0.25, 0.3) is 0 Å². The Labute approximate surface area is 109 Å². The van der Waals surface area contributed by atoms with E-state index in [1.807, 2.05) is 10.9 Å². The Morgan fingerprint density at radius 2 is 2.50 bits per heavy atom. The van der Waals surface area contributed by atoms with Crippen molar-refractivity contribution in [1.29, 1.82) is 0 Å². The summed E-state index contributed by atoms with van der Waals surface area (Å²) in [7, 11) is 0. The number of aryl methyl sites for hydroxylation is 1. The molecule has 1 unspecified atom stereocenters. The van der Waals surface area contributed by atoms with Crippen LogP contribution in [0, 0.1) is 5.92 Å². The summed E-state index contributed by atoms with van der Waals surface area (Å²) >= 11 is 0. The van der Waals surface area contributed by atoms with Gasteiger partial charge in [0.1, 0.15) is 0 Å². The molecule has 0 radical (unpaired) electrons. The summed E-state index contributed by atoms with van der Waals surface area (Å²) in [6, 6.07) is 0. The maximum Gasteiger partial charge on any atom is 0.166 e. The first kappa shape index (κ1) is 13.3. The number of carbonyl (C=O) groups is 1. The first-order valence-corrected chi connectivity index (χ1v) is 7.06. The maximum absolute atomic E-state index is 12.0. The number of ketones is 1. The van der Waals surface area contributed by atoms with Crippen molar-refractivity contribution in [3.63, 3.8) is 0 Å². The number of hydrogen-bond donors (Lipinski definition) is 1. The van der Waals surface area contributed by atoms with Crippen molar-refractivity contribution in [1.82, 2.24) is 15.1 Å². The zero-order valence-corrected chi connectivity index (χ0v) is 11.2. The summed E-state index contributed by atoms with van der Waals surface area (Å²) in [4.78, 5) is 12.0. The fourth-order valence-electron chi connectivity index (χ4n) is 2.51.